The van der Waals surface area contributed by atoms with E-state index in [0.29, 0.717) is 38.3 Å². The highest BCUT2D eigenvalue weighted by Gasteiger charge is 2.30. The Morgan fingerprint density at radius 2 is 1.42 bits per heavy atom. The molecule has 0 fully saturated rings. The van der Waals surface area contributed by atoms with Crippen LogP contribution in [-0.2, 0) is 27.3 Å². The molecule has 3 aromatic carbocycles. The highest BCUT2D eigenvalue weighted by Crippen LogP contribution is 2.16. The number of para-hydroxylation sites is 1. The van der Waals surface area contributed by atoms with Crippen molar-refractivity contribution >= 4 is 11.8 Å². The van der Waals surface area contributed by atoms with E-state index >= 15 is 0 Å². The number of nitrogens with one attached hydrogen (secondary N) is 1. The van der Waals surface area contributed by atoms with Crippen molar-refractivity contribution < 1.29 is 19.1 Å². The van der Waals surface area contributed by atoms with Gasteiger partial charge < -0.3 is 19.7 Å². The number of nitrogens with zero attached hydrogens (tertiary/aromatic N) is 1. The molecule has 6 nitrogen and oxygen atoms in total. The minimum absolute atomic E-state index is 0.148. The normalized spacial score (nSPS) is 11.6. The van der Waals surface area contributed by atoms with Crippen molar-refractivity contribution in [2.24, 2.45) is 0 Å². The third kappa shape index (κ3) is 9.19. The summed E-state index contributed by atoms with van der Waals surface area (Å²) in [6.07, 6.45) is 1.25. The number of hydrogen-bond acceptors (Lipinski definition) is 4. The average molecular weight is 489 g/mol. The largest absolute Gasteiger partial charge is 0.484 e. The van der Waals surface area contributed by atoms with Crippen molar-refractivity contribution in [1.82, 2.24) is 10.2 Å². The van der Waals surface area contributed by atoms with Crippen molar-refractivity contribution in [2.45, 2.75) is 45.4 Å². The van der Waals surface area contributed by atoms with Gasteiger partial charge in [-0.15, -0.1) is 0 Å². The van der Waals surface area contributed by atoms with Crippen molar-refractivity contribution in [3.63, 3.8) is 0 Å². The number of hydrogen-bond donors (Lipinski definition) is 1. The second-order valence-electron chi connectivity index (χ2n) is 8.88. The fourth-order valence-corrected chi connectivity index (χ4v) is 3.80. The third-order valence-electron chi connectivity index (χ3n) is 5.64. The Balaban J connectivity index is 1.79. The molecule has 0 saturated heterocycles. The Morgan fingerprint density at radius 1 is 0.833 bits per heavy atom. The van der Waals surface area contributed by atoms with E-state index in [2.05, 4.69) is 5.32 Å². The molecule has 1 unspecified atom stereocenters. The zero-order chi connectivity index (χ0) is 25.6. The summed E-state index contributed by atoms with van der Waals surface area (Å²) in [7, 11) is 0. The second-order valence-corrected chi connectivity index (χ2v) is 8.88. The molecule has 0 bridgehead atoms. The first-order valence-corrected chi connectivity index (χ1v) is 12.5. The summed E-state index contributed by atoms with van der Waals surface area (Å²) in [6.45, 7) is 5.17. The first-order chi connectivity index (χ1) is 17.5. The SMILES string of the molecule is CC(C)OCCCNC(=O)C(Cc1ccccc1)N(Cc1ccccc1)C(=O)COc1ccccc1. The Morgan fingerprint density at radius 3 is 2.03 bits per heavy atom. The molecule has 0 spiro atoms. The van der Waals surface area contributed by atoms with E-state index in [0.717, 1.165) is 11.1 Å². The molecule has 190 valence electrons. The van der Waals surface area contributed by atoms with Crippen molar-refractivity contribution in [3.05, 3.63) is 102 Å². The lowest BCUT2D eigenvalue weighted by atomic mass is 10.0. The quantitative estimate of drug-likeness (QED) is 0.336. The van der Waals surface area contributed by atoms with Crippen LogP contribution in [0.3, 0.4) is 0 Å². The Bertz CT molecular complexity index is 1040. The molecule has 0 aliphatic rings. The number of amides is 2. The van der Waals surface area contributed by atoms with Crippen LogP contribution in [0.15, 0.2) is 91.0 Å². The average Bonchev–Trinajstić information content (AvgIpc) is 2.90. The van der Waals surface area contributed by atoms with E-state index in [-0.39, 0.29) is 24.5 Å². The van der Waals surface area contributed by atoms with Crippen LogP contribution in [0, 0.1) is 0 Å². The van der Waals surface area contributed by atoms with Gasteiger partial charge in [-0.3, -0.25) is 9.59 Å². The molecular weight excluding hydrogens is 452 g/mol. The van der Waals surface area contributed by atoms with Crippen LogP contribution in [0.1, 0.15) is 31.4 Å². The van der Waals surface area contributed by atoms with Gasteiger partial charge in [0.05, 0.1) is 6.10 Å². The zero-order valence-electron chi connectivity index (χ0n) is 21.1. The number of ether oxygens (including phenoxy) is 2. The van der Waals surface area contributed by atoms with E-state index in [1.54, 1.807) is 4.90 Å². The molecule has 0 aliphatic heterocycles. The van der Waals surface area contributed by atoms with Gasteiger partial charge in [0.1, 0.15) is 11.8 Å². The lowest BCUT2D eigenvalue weighted by molar-refractivity contribution is -0.142. The summed E-state index contributed by atoms with van der Waals surface area (Å²) in [5, 5.41) is 3.02. The summed E-state index contributed by atoms with van der Waals surface area (Å²) in [5.74, 6) is 0.175. The fraction of sp³-hybridized carbons (Fsp3) is 0.333. The molecule has 0 aliphatic carbocycles. The van der Waals surface area contributed by atoms with Crippen LogP contribution in [0.2, 0.25) is 0 Å². The van der Waals surface area contributed by atoms with Crippen LogP contribution in [-0.4, -0.2) is 48.6 Å². The molecule has 0 heterocycles. The minimum atomic E-state index is -0.689. The van der Waals surface area contributed by atoms with Crippen LogP contribution in [0.25, 0.3) is 0 Å². The van der Waals surface area contributed by atoms with E-state index < -0.39 is 6.04 Å². The molecule has 0 radical (unpaired) electrons. The maximum Gasteiger partial charge on any atom is 0.261 e. The lowest BCUT2D eigenvalue weighted by Gasteiger charge is -2.31. The van der Waals surface area contributed by atoms with E-state index in [1.165, 1.54) is 0 Å². The fourth-order valence-electron chi connectivity index (χ4n) is 3.80. The number of rotatable bonds is 14. The van der Waals surface area contributed by atoms with Gasteiger partial charge in [0.25, 0.3) is 5.91 Å². The van der Waals surface area contributed by atoms with Gasteiger partial charge in [-0.1, -0.05) is 78.9 Å². The van der Waals surface area contributed by atoms with Gasteiger partial charge in [-0.25, -0.2) is 0 Å². The molecule has 3 rings (SSSR count). The number of benzene rings is 3. The third-order valence-corrected chi connectivity index (χ3v) is 5.64. The van der Waals surface area contributed by atoms with Crippen molar-refractivity contribution in [2.75, 3.05) is 19.8 Å². The van der Waals surface area contributed by atoms with Crippen LogP contribution < -0.4 is 10.1 Å². The van der Waals surface area contributed by atoms with E-state index in [1.807, 2.05) is 105 Å². The molecule has 2 amide bonds. The zero-order valence-corrected chi connectivity index (χ0v) is 21.1. The van der Waals surface area contributed by atoms with Crippen LogP contribution in [0.4, 0.5) is 0 Å². The van der Waals surface area contributed by atoms with Gasteiger partial charge in [0, 0.05) is 26.1 Å². The summed E-state index contributed by atoms with van der Waals surface area (Å²) in [5.41, 5.74) is 1.93. The van der Waals surface area contributed by atoms with E-state index in [9.17, 15) is 9.59 Å². The minimum Gasteiger partial charge on any atom is -0.484 e. The highest BCUT2D eigenvalue weighted by atomic mass is 16.5. The predicted molar refractivity (Wildman–Crippen MR) is 142 cm³/mol. The first kappa shape index (κ1) is 27.0. The second kappa shape index (κ2) is 14.7. The molecule has 1 N–H and O–H groups in total. The van der Waals surface area contributed by atoms with Gasteiger partial charge in [-0.05, 0) is 43.5 Å². The molecule has 1 atom stereocenters. The Labute approximate surface area is 214 Å². The van der Waals surface area contributed by atoms with Gasteiger partial charge in [0.2, 0.25) is 5.91 Å². The van der Waals surface area contributed by atoms with Gasteiger partial charge in [0.15, 0.2) is 6.61 Å². The van der Waals surface area contributed by atoms with Crippen LogP contribution in [0.5, 0.6) is 5.75 Å². The summed E-state index contributed by atoms with van der Waals surface area (Å²) >= 11 is 0. The maximum absolute atomic E-state index is 13.5. The number of carbonyl (C=O) groups is 2. The van der Waals surface area contributed by atoms with Crippen LogP contribution >= 0.6 is 0 Å². The Kier molecular flexibility index (Phi) is 11.0. The monoisotopic (exact) mass is 488 g/mol. The van der Waals surface area contributed by atoms with Crippen molar-refractivity contribution in [1.29, 1.82) is 0 Å². The smallest absolute Gasteiger partial charge is 0.261 e. The summed E-state index contributed by atoms with van der Waals surface area (Å²) < 4.78 is 11.3. The molecule has 36 heavy (non-hydrogen) atoms. The van der Waals surface area contributed by atoms with Gasteiger partial charge in [-0.2, -0.15) is 0 Å². The topological polar surface area (TPSA) is 67.9 Å². The summed E-state index contributed by atoms with van der Waals surface area (Å²) in [4.78, 5) is 28.6. The highest BCUT2D eigenvalue weighted by molar-refractivity contribution is 5.88. The standard InChI is InChI=1S/C30H36N2O4/c1-24(2)35-20-12-19-31-30(34)28(21-25-13-6-3-7-14-25)32(22-26-15-8-4-9-16-26)29(33)23-36-27-17-10-5-11-18-27/h3-11,13-18,24,28H,12,19-23H2,1-2H3,(H,31,34). The molecule has 0 saturated carbocycles. The van der Waals surface area contributed by atoms with Crippen molar-refractivity contribution in [3.8, 4) is 5.75 Å². The van der Waals surface area contributed by atoms with E-state index in [4.69, 9.17) is 9.47 Å². The summed E-state index contributed by atoms with van der Waals surface area (Å²) in [6, 6.07) is 28.0. The lowest BCUT2D eigenvalue weighted by Crippen LogP contribution is -2.52. The molecule has 0 aromatic heterocycles. The number of carbonyl (C=O) groups excluding carboxylic acids is 2. The van der Waals surface area contributed by atoms with Gasteiger partial charge >= 0.3 is 0 Å². The molecular formula is C30H36N2O4. The molecule has 6 heteroatoms. The predicted octanol–water partition coefficient (Wildman–Crippen LogP) is 4.64. The molecule has 3 aromatic rings. The Hall–Kier alpha value is -3.64. The first-order valence-electron chi connectivity index (χ1n) is 12.5. The maximum atomic E-state index is 13.5.